The van der Waals surface area contributed by atoms with Crippen LogP contribution in [0.5, 0.6) is 17.2 Å². The van der Waals surface area contributed by atoms with Crippen molar-refractivity contribution in [1.82, 2.24) is 9.97 Å². The number of hydrogen-bond acceptors (Lipinski definition) is 7. The van der Waals surface area contributed by atoms with Crippen LogP contribution < -0.4 is 30.2 Å². The number of nitrogens with zero attached hydrogens (tertiary/aromatic N) is 2. The van der Waals surface area contributed by atoms with Gasteiger partial charge >= 0.3 is 6.03 Å². The van der Waals surface area contributed by atoms with E-state index in [4.69, 9.17) is 14.2 Å². The summed E-state index contributed by atoms with van der Waals surface area (Å²) in [7, 11) is 4.71. The van der Waals surface area contributed by atoms with E-state index >= 15 is 0 Å². The Balaban J connectivity index is 1.48. The summed E-state index contributed by atoms with van der Waals surface area (Å²) in [5.41, 5.74) is 2.72. The molecular weight excluding hydrogens is 422 g/mol. The summed E-state index contributed by atoms with van der Waals surface area (Å²) < 4.78 is 16.0. The molecule has 168 valence electrons. The van der Waals surface area contributed by atoms with Crippen LogP contribution in [0.2, 0.25) is 0 Å². The highest BCUT2D eigenvalue weighted by atomic mass is 16.5. The topological polar surface area (TPSA) is 107 Å². The maximum Gasteiger partial charge on any atom is 0.323 e. The predicted octanol–water partition coefficient (Wildman–Crippen LogP) is 5.04. The second kappa shape index (κ2) is 9.73. The van der Waals surface area contributed by atoms with E-state index in [1.165, 1.54) is 6.33 Å². The third kappa shape index (κ3) is 4.87. The van der Waals surface area contributed by atoms with E-state index < -0.39 is 0 Å². The van der Waals surface area contributed by atoms with Crippen molar-refractivity contribution in [3.8, 4) is 17.2 Å². The van der Waals surface area contributed by atoms with Crippen LogP contribution in [-0.4, -0.2) is 37.3 Å². The van der Waals surface area contributed by atoms with E-state index in [0.717, 1.165) is 16.6 Å². The third-order valence-electron chi connectivity index (χ3n) is 4.90. The molecule has 0 unspecified atom stereocenters. The lowest BCUT2D eigenvalue weighted by atomic mass is 10.2. The second-order valence-corrected chi connectivity index (χ2v) is 6.93. The van der Waals surface area contributed by atoms with Crippen molar-refractivity contribution < 1.29 is 19.0 Å². The number of anilines is 4. The second-order valence-electron chi connectivity index (χ2n) is 6.93. The van der Waals surface area contributed by atoms with Crippen LogP contribution in [-0.2, 0) is 0 Å². The minimum Gasteiger partial charge on any atom is -0.495 e. The van der Waals surface area contributed by atoms with Gasteiger partial charge in [0, 0.05) is 22.8 Å². The number of fused-ring (bicyclic) bond motifs is 1. The first-order chi connectivity index (χ1) is 16.1. The van der Waals surface area contributed by atoms with E-state index in [0.29, 0.717) is 34.4 Å². The van der Waals surface area contributed by atoms with Gasteiger partial charge in [0.05, 0.1) is 32.5 Å². The molecule has 33 heavy (non-hydrogen) atoms. The minimum atomic E-state index is -0.372. The number of nitrogens with one attached hydrogen (secondary N) is 3. The van der Waals surface area contributed by atoms with E-state index in [-0.39, 0.29) is 6.03 Å². The SMILES string of the molecule is COc1ccccc1NC(=O)Nc1ccc(Nc2ncnc3cc(OC)c(OC)cc23)cc1. The molecule has 3 aromatic carbocycles. The Morgan fingerprint density at radius 3 is 2.15 bits per heavy atom. The molecule has 4 rings (SSSR count). The molecule has 2 amide bonds. The molecule has 0 aliphatic rings. The van der Waals surface area contributed by atoms with Crippen LogP contribution in [0.25, 0.3) is 10.9 Å². The van der Waals surface area contributed by atoms with E-state index in [9.17, 15) is 4.79 Å². The molecule has 0 saturated carbocycles. The lowest BCUT2D eigenvalue weighted by molar-refractivity contribution is 0.262. The van der Waals surface area contributed by atoms with Gasteiger partial charge < -0.3 is 30.2 Å². The lowest BCUT2D eigenvalue weighted by Crippen LogP contribution is -2.19. The number of urea groups is 1. The molecule has 0 spiro atoms. The molecule has 0 fully saturated rings. The molecule has 1 aromatic heterocycles. The van der Waals surface area contributed by atoms with Gasteiger partial charge in [0.15, 0.2) is 11.5 Å². The average molecular weight is 445 g/mol. The first kappa shape index (κ1) is 21.7. The molecule has 4 aromatic rings. The number of aromatic nitrogens is 2. The van der Waals surface area contributed by atoms with Gasteiger partial charge in [-0.15, -0.1) is 0 Å². The number of para-hydroxylation sites is 2. The van der Waals surface area contributed by atoms with Crippen LogP contribution in [0.15, 0.2) is 67.0 Å². The van der Waals surface area contributed by atoms with Crippen LogP contribution >= 0.6 is 0 Å². The molecule has 0 aliphatic carbocycles. The fourth-order valence-electron chi connectivity index (χ4n) is 3.29. The number of benzene rings is 3. The van der Waals surface area contributed by atoms with Crippen LogP contribution in [0.1, 0.15) is 0 Å². The molecule has 0 atom stereocenters. The Bertz CT molecular complexity index is 1280. The van der Waals surface area contributed by atoms with Crippen molar-refractivity contribution in [2.45, 2.75) is 0 Å². The Morgan fingerprint density at radius 2 is 1.42 bits per heavy atom. The Morgan fingerprint density at radius 1 is 0.758 bits per heavy atom. The summed E-state index contributed by atoms with van der Waals surface area (Å²) in [5.74, 6) is 2.38. The van der Waals surface area contributed by atoms with Gasteiger partial charge in [-0.1, -0.05) is 12.1 Å². The van der Waals surface area contributed by atoms with Crippen molar-refractivity contribution >= 4 is 39.8 Å². The normalized spacial score (nSPS) is 10.4. The van der Waals surface area contributed by atoms with Crippen LogP contribution in [0, 0.1) is 0 Å². The smallest absolute Gasteiger partial charge is 0.323 e. The van der Waals surface area contributed by atoms with Crippen molar-refractivity contribution in [2.24, 2.45) is 0 Å². The van der Waals surface area contributed by atoms with Gasteiger partial charge in [0.25, 0.3) is 0 Å². The number of amides is 2. The van der Waals surface area contributed by atoms with Crippen LogP contribution in [0.3, 0.4) is 0 Å². The van der Waals surface area contributed by atoms with Gasteiger partial charge in [0.1, 0.15) is 17.9 Å². The highest BCUT2D eigenvalue weighted by Crippen LogP contribution is 2.34. The zero-order valence-corrected chi connectivity index (χ0v) is 18.4. The summed E-state index contributed by atoms with van der Waals surface area (Å²) in [4.78, 5) is 21.0. The summed E-state index contributed by atoms with van der Waals surface area (Å²) in [6.07, 6.45) is 1.48. The molecule has 0 aliphatic heterocycles. The van der Waals surface area contributed by atoms with Crippen molar-refractivity contribution in [3.05, 3.63) is 67.0 Å². The van der Waals surface area contributed by atoms with Gasteiger partial charge in [-0.3, -0.25) is 0 Å². The Kier molecular flexibility index (Phi) is 6.40. The van der Waals surface area contributed by atoms with E-state index in [1.54, 1.807) is 51.7 Å². The van der Waals surface area contributed by atoms with Crippen molar-refractivity contribution in [1.29, 1.82) is 0 Å². The molecule has 0 bridgehead atoms. The first-order valence-corrected chi connectivity index (χ1v) is 10.1. The van der Waals surface area contributed by atoms with E-state index in [1.807, 2.05) is 30.3 Å². The molecule has 0 saturated heterocycles. The predicted molar refractivity (Wildman–Crippen MR) is 128 cm³/mol. The quantitative estimate of drug-likeness (QED) is 0.366. The monoisotopic (exact) mass is 445 g/mol. The molecule has 3 N–H and O–H groups in total. The van der Waals surface area contributed by atoms with Gasteiger partial charge in [-0.2, -0.15) is 0 Å². The van der Waals surface area contributed by atoms with Crippen LogP contribution in [0.4, 0.5) is 27.7 Å². The largest absolute Gasteiger partial charge is 0.495 e. The number of carbonyl (C=O) groups is 1. The zero-order valence-electron chi connectivity index (χ0n) is 18.4. The molecule has 0 radical (unpaired) electrons. The molecule has 9 heteroatoms. The standard InChI is InChI=1S/C24H23N5O4/c1-31-20-7-5-4-6-18(20)29-24(30)28-16-10-8-15(9-11-16)27-23-17-12-21(32-2)22(33-3)13-19(17)25-14-26-23/h4-14H,1-3H3,(H,25,26,27)(H2,28,29,30). The first-order valence-electron chi connectivity index (χ1n) is 10.1. The lowest BCUT2D eigenvalue weighted by Gasteiger charge is -2.13. The summed E-state index contributed by atoms with van der Waals surface area (Å²) in [6.45, 7) is 0. The van der Waals surface area contributed by atoms with Gasteiger partial charge in [-0.25, -0.2) is 14.8 Å². The molecule has 1 heterocycles. The van der Waals surface area contributed by atoms with Crippen molar-refractivity contribution in [3.63, 3.8) is 0 Å². The zero-order chi connectivity index (χ0) is 23.2. The fourth-order valence-corrected chi connectivity index (χ4v) is 3.29. The van der Waals surface area contributed by atoms with E-state index in [2.05, 4.69) is 25.9 Å². The number of methoxy groups -OCH3 is 3. The Hall–Kier alpha value is -4.53. The van der Waals surface area contributed by atoms with Crippen molar-refractivity contribution in [2.75, 3.05) is 37.3 Å². The average Bonchev–Trinajstić information content (AvgIpc) is 2.84. The van der Waals surface area contributed by atoms with Gasteiger partial charge in [0.2, 0.25) is 0 Å². The summed E-state index contributed by atoms with van der Waals surface area (Å²) in [5, 5.41) is 9.64. The number of carbonyl (C=O) groups excluding carboxylic acids is 1. The molecule has 9 nitrogen and oxygen atoms in total. The number of rotatable bonds is 7. The number of hydrogen-bond donors (Lipinski definition) is 3. The highest BCUT2D eigenvalue weighted by Gasteiger charge is 2.11. The fraction of sp³-hybridized carbons (Fsp3) is 0.125. The van der Waals surface area contributed by atoms with Gasteiger partial charge in [-0.05, 0) is 42.5 Å². The minimum absolute atomic E-state index is 0.372. The Labute approximate surface area is 190 Å². The maximum atomic E-state index is 12.4. The number of ether oxygens (including phenoxy) is 3. The highest BCUT2D eigenvalue weighted by molar-refractivity contribution is 6.00. The maximum absolute atomic E-state index is 12.4. The molecular formula is C24H23N5O4. The summed E-state index contributed by atoms with van der Waals surface area (Å²) >= 11 is 0. The summed E-state index contributed by atoms with van der Waals surface area (Å²) in [6, 6.07) is 17.7. The third-order valence-corrected chi connectivity index (χ3v) is 4.90.